The van der Waals surface area contributed by atoms with Gasteiger partial charge in [-0.2, -0.15) is 0 Å². The maximum absolute atomic E-state index is 12.3. The van der Waals surface area contributed by atoms with Gasteiger partial charge < -0.3 is 25.3 Å². The summed E-state index contributed by atoms with van der Waals surface area (Å²) in [5.41, 5.74) is 7.18. The summed E-state index contributed by atoms with van der Waals surface area (Å²) >= 11 is 0. The molecular weight excluding hydrogens is 308 g/mol. The van der Waals surface area contributed by atoms with Gasteiger partial charge in [0.25, 0.3) is 0 Å². The van der Waals surface area contributed by atoms with Crippen molar-refractivity contribution < 1.29 is 19.0 Å². The third-order valence-corrected chi connectivity index (χ3v) is 4.46. The van der Waals surface area contributed by atoms with E-state index < -0.39 is 6.04 Å². The minimum Gasteiger partial charge on any atom is -0.493 e. The number of carbonyl (C=O) groups excluding carboxylic acids is 1. The summed E-state index contributed by atoms with van der Waals surface area (Å²) < 4.78 is 15.9. The van der Waals surface area contributed by atoms with Crippen molar-refractivity contribution in [3.8, 4) is 11.5 Å². The van der Waals surface area contributed by atoms with Gasteiger partial charge in [-0.25, -0.2) is 0 Å². The Bertz CT molecular complexity index is 544. The van der Waals surface area contributed by atoms with Gasteiger partial charge in [0.15, 0.2) is 11.5 Å². The zero-order chi connectivity index (χ0) is 17.5. The van der Waals surface area contributed by atoms with Crippen LogP contribution in [0.3, 0.4) is 0 Å². The maximum Gasteiger partial charge on any atom is 0.237 e. The lowest BCUT2D eigenvalue weighted by Crippen LogP contribution is -2.49. The van der Waals surface area contributed by atoms with Crippen molar-refractivity contribution in [2.75, 3.05) is 27.4 Å². The first kappa shape index (κ1) is 18.5. The number of nitrogens with two attached hydrogens (primary N) is 1. The van der Waals surface area contributed by atoms with E-state index in [1.54, 1.807) is 14.2 Å². The molecular formula is C18H28N2O4. The molecule has 2 atom stereocenters. The molecule has 0 bridgehead atoms. The molecule has 1 aromatic rings. The summed E-state index contributed by atoms with van der Waals surface area (Å²) in [6.45, 7) is 3.35. The number of methoxy groups -OCH3 is 2. The van der Waals surface area contributed by atoms with Crippen molar-refractivity contribution in [1.29, 1.82) is 0 Å². The van der Waals surface area contributed by atoms with Crippen LogP contribution in [0, 0.1) is 5.92 Å². The molecule has 1 aliphatic rings. The van der Waals surface area contributed by atoms with Crippen molar-refractivity contribution in [2.45, 2.75) is 38.3 Å². The second kappa shape index (κ2) is 8.89. The summed E-state index contributed by atoms with van der Waals surface area (Å²) in [5.74, 6) is 1.49. The van der Waals surface area contributed by atoms with E-state index in [4.69, 9.17) is 19.9 Å². The third-order valence-electron chi connectivity index (χ3n) is 4.46. The first-order valence-corrected chi connectivity index (χ1v) is 8.39. The van der Waals surface area contributed by atoms with Crippen LogP contribution < -0.4 is 20.5 Å². The lowest BCUT2D eigenvalue weighted by atomic mass is 9.91. The Morgan fingerprint density at radius 1 is 1.29 bits per heavy atom. The fraction of sp³-hybridized carbons (Fsp3) is 0.611. The van der Waals surface area contributed by atoms with Crippen molar-refractivity contribution in [1.82, 2.24) is 5.32 Å². The molecule has 0 spiro atoms. The monoisotopic (exact) mass is 336 g/mol. The topological polar surface area (TPSA) is 82.8 Å². The fourth-order valence-corrected chi connectivity index (χ4v) is 3.04. The number of ether oxygens (including phenoxy) is 3. The quantitative estimate of drug-likeness (QED) is 0.788. The normalized spacial score (nSPS) is 17.8. The van der Waals surface area contributed by atoms with Gasteiger partial charge in [-0.15, -0.1) is 0 Å². The van der Waals surface area contributed by atoms with Crippen molar-refractivity contribution in [3.05, 3.63) is 23.8 Å². The Balaban J connectivity index is 1.90. The second-order valence-corrected chi connectivity index (χ2v) is 6.28. The molecule has 1 saturated heterocycles. The van der Waals surface area contributed by atoms with Crippen molar-refractivity contribution in [2.24, 2.45) is 11.7 Å². The van der Waals surface area contributed by atoms with Gasteiger partial charge in [0.2, 0.25) is 5.91 Å². The Hall–Kier alpha value is -1.79. The zero-order valence-corrected chi connectivity index (χ0v) is 14.7. The van der Waals surface area contributed by atoms with Crippen LogP contribution in [0.25, 0.3) is 0 Å². The molecule has 0 saturated carbocycles. The number of carbonyl (C=O) groups is 1. The number of hydrogen-bond donors (Lipinski definition) is 2. The Morgan fingerprint density at radius 2 is 1.96 bits per heavy atom. The third kappa shape index (κ3) is 4.85. The number of rotatable bonds is 7. The highest BCUT2D eigenvalue weighted by molar-refractivity contribution is 5.82. The van der Waals surface area contributed by atoms with E-state index in [-0.39, 0.29) is 17.9 Å². The largest absolute Gasteiger partial charge is 0.493 e. The van der Waals surface area contributed by atoms with Gasteiger partial charge in [-0.05, 0) is 49.8 Å². The number of benzene rings is 1. The standard InChI is InChI=1S/C18H28N2O4/c1-12(10-13-4-5-15(22-2)16(11-13)23-3)20-18(21)17(19)14-6-8-24-9-7-14/h4-5,11-12,14,17H,6-10,19H2,1-3H3,(H,20,21). The molecule has 0 aliphatic carbocycles. The van der Waals surface area contributed by atoms with Crippen molar-refractivity contribution >= 4 is 5.91 Å². The maximum atomic E-state index is 12.3. The zero-order valence-electron chi connectivity index (χ0n) is 14.7. The molecule has 0 radical (unpaired) electrons. The van der Waals surface area contributed by atoms with Crippen molar-refractivity contribution in [3.63, 3.8) is 0 Å². The molecule has 134 valence electrons. The van der Waals surface area contributed by atoms with Crippen LogP contribution in [0.15, 0.2) is 18.2 Å². The van der Waals surface area contributed by atoms with Gasteiger partial charge >= 0.3 is 0 Å². The Kier molecular flexibility index (Phi) is 6.87. The van der Waals surface area contributed by atoms with Gasteiger partial charge in [0, 0.05) is 19.3 Å². The average molecular weight is 336 g/mol. The number of amides is 1. The molecule has 6 heteroatoms. The molecule has 1 amide bonds. The first-order valence-electron chi connectivity index (χ1n) is 8.39. The van der Waals surface area contributed by atoms with Gasteiger partial charge in [0.05, 0.1) is 20.3 Å². The van der Waals surface area contributed by atoms with E-state index in [2.05, 4.69) is 5.32 Å². The summed E-state index contributed by atoms with van der Waals surface area (Å²) in [6, 6.07) is 5.29. The lowest BCUT2D eigenvalue weighted by molar-refractivity contribution is -0.124. The van der Waals surface area contributed by atoms with Crippen LogP contribution in [-0.2, 0) is 16.0 Å². The van der Waals surface area contributed by atoms with E-state index >= 15 is 0 Å². The predicted molar refractivity (Wildman–Crippen MR) is 92.4 cm³/mol. The van der Waals surface area contributed by atoms with Gasteiger partial charge in [0.1, 0.15) is 0 Å². The summed E-state index contributed by atoms with van der Waals surface area (Å²) in [7, 11) is 3.22. The van der Waals surface area contributed by atoms with Crippen LogP contribution in [0.5, 0.6) is 11.5 Å². The Labute approximate surface area is 143 Å². The highest BCUT2D eigenvalue weighted by atomic mass is 16.5. The Morgan fingerprint density at radius 3 is 2.58 bits per heavy atom. The molecule has 2 rings (SSSR count). The molecule has 6 nitrogen and oxygen atoms in total. The van der Waals surface area contributed by atoms with Gasteiger partial charge in [-0.1, -0.05) is 6.07 Å². The van der Waals surface area contributed by atoms with E-state index in [0.717, 1.165) is 18.4 Å². The van der Waals surface area contributed by atoms with Crippen LogP contribution in [0.4, 0.5) is 0 Å². The van der Waals surface area contributed by atoms with E-state index in [1.807, 2.05) is 25.1 Å². The molecule has 2 unspecified atom stereocenters. The molecule has 1 aliphatic heterocycles. The predicted octanol–water partition coefficient (Wildman–Crippen LogP) is 1.50. The van der Waals surface area contributed by atoms with Gasteiger partial charge in [-0.3, -0.25) is 4.79 Å². The summed E-state index contributed by atoms with van der Waals surface area (Å²) in [4.78, 5) is 12.3. The molecule has 0 aromatic heterocycles. The minimum absolute atomic E-state index is 0.0125. The smallest absolute Gasteiger partial charge is 0.237 e. The minimum atomic E-state index is -0.471. The SMILES string of the molecule is COc1ccc(CC(C)NC(=O)C(N)C2CCOCC2)cc1OC. The second-order valence-electron chi connectivity index (χ2n) is 6.28. The van der Waals surface area contributed by atoms with Crippen LogP contribution in [-0.4, -0.2) is 45.4 Å². The molecule has 1 aromatic carbocycles. The fourth-order valence-electron chi connectivity index (χ4n) is 3.04. The molecule has 3 N–H and O–H groups in total. The van der Waals surface area contributed by atoms with Crippen LogP contribution in [0.1, 0.15) is 25.3 Å². The van der Waals surface area contributed by atoms with E-state index in [9.17, 15) is 4.79 Å². The summed E-state index contributed by atoms with van der Waals surface area (Å²) in [6.07, 6.45) is 2.39. The molecule has 1 heterocycles. The molecule has 24 heavy (non-hydrogen) atoms. The first-order chi connectivity index (χ1) is 11.5. The molecule has 1 fully saturated rings. The number of hydrogen-bond acceptors (Lipinski definition) is 5. The summed E-state index contributed by atoms with van der Waals surface area (Å²) in [5, 5.41) is 3.01. The lowest BCUT2D eigenvalue weighted by Gasteiger charge is -2.27. The van der Waals surface area contributed by atoms with Crippen LogP contribution in [0.2, 0.25) is 0 Å². The van der Waals surface area contributed by atoms with E-state index in [0.29, 0.717) is 31.1 Å². The highest BCUT2D eigenvalue weighted by Crippen LogP contribution is 2.28. The number of nitrogens with one attached hydrogen (secondary N) is 1. The highest BCUT2D eigenvalue weighted by Gasteiger charge is 2.27. The van der Waals surface area contributed by atoms with E-state index in [1.165, 1.54) is 0 Å². The average Bonchev–Trinajstić information content (AvgIpc) is 2.61. The van der Waals surface area contributed by atoms with Crippen LogP contribution >= 0.6 is 0 Å².